The van der Waals surface area contributed by atoms with Gasteiger partial charge in [-0.2, -0.15) is 9.90 Å². The second kappa shape index (κ2) is 6.46. The van der Waals surface area contributed by atoms with Crippen LogP contribution in [0.25, 0.3) is 5.69 Å². The number of carbonyl (C=O) groups excluding carboxylic acids is 1. The molecule has 1 atom stereocenters. The van der Waals surface area contributed by atoms with Crippen molar-refractivity contribution in [2.75, 3.05) is 6.61 Å². The molecule has 2 N–H and O–H groups in total. The molecule has 0 radical (unpaired) electrons. The maximum absolute atomic E-state index is 12.2. The van der Waals surface area contributed by atoms with Gasteiger partial charge in [0.1, 0.15) is 0 Å². The Kier molecular flexibility index (Phi) is 4.40. The van der Waals surface area contributed by atoms with Gasteiger partial charge in [0.2, 0.25) is 0 Å². The zero-order chi connectivity index (χ0) is 15.5. The van der Waals surface area contributed by atoms with Crippen molar-refractivity contribution in [2.24, 2.45) is 5.92 Å². The number of hydrogen-bond acceptors (Lipinski definition) is 4. The molecule has 1 aromatic carbocycles. The van der Waals surface area contributed by atoms with Crippen LogP contribution >= 0.6 is 11.6 Å². The first-order valence-electron chi connectivity index (χ1n) is 7.27. The molecule has 116 valence electrons. The van der Waals surface area contributed by atoms with Gasteiger partial charge in [-0.25, -0.2) is 0 Å². The Morgan fingerprint density at radius 3 is 3.00 bits per heavy atom. The standard InChI is InChI=1S/C15H17ClN4O2/c16-11-2-1-3-12(8-11)20-17-9-14(19-20)15(22)18-13(6-7-21)10-4-5-10/h1-3,8-10,13,21H,4-7H2,(H,18,22). The van der Waals surface area contributed by atoms with Gasteiger partial charge < -0.3 is 10.4 Å². The molecule has 0 bridgehead atoms. The summed E-state index contributed by atoms with van der Waals surface area (Å²) in [6, 6.07) is 7.10. The minimum absolute atomic E-state index is 0.00817. The molecule has 1 aliphatic rings. The van der Waals surface area contributed by atoms with Gasteiger partial charge in [-0.3, -0.25) is 4.79 Å². The topological polar surface area (TPSA) is 80.0 Å². The van der Waals surface area contributed by atoms with Crippen LogP contribution in [0.3, 0.4) is 0 Å². The number of aromatic nitrogens is 3. The third kappa shape index (κ3) is 3.45. The molecule has 1 heterocycles. The number of aliphatic hydroxyl groups excluding tert-OH is 1. The van der Waals surface area contributed by atoms with Crippen LogP contribution in [0.2, 0.25) is 5.02 Å². The molecule has 1 saturated carbocycles. The summed E-state index contributed by atoms with van der Waals surface area (Å²) in [6.07, 6.45) is 4.19. The lowest BCUT2D eigenvalue weighted by molar-refractivity contribution is 0.0918. The number of hydrogen-bond donors (Lipinski definition) is 2. The van der Waals surface area contributed by atoms with Crippen molar-refractivity contribution in [1.29, 1.82) is 0 Å². The second-order valence-corrected chi connectivity index (χ2v) is 5.87. The van der Waals surface area contributed by atoms with Crippen LogP contribution in [0.1, 0.15) is 29.8 Å². The van der Waals surface area contributed by atoms with E-state index in [-0.39, 0.29) is 24.2 Å². The fourth-order valence-electron chi connectivity index (χ4n) is 2.40. The summed E-state index contributed by atoms with van der Waals surface area (Å²) in [4.78, 5) is 13.6. The first kappa shape index (κ1) is 15.0. The maximum atomic E-state index is 12.2. The predicted octanol–water partition coefficient (Wildman–Crippen LogP) is 1.81. The fraction of sp³-hybridized carbons (Fsp3) is 0.400. The number of benzene rings is 1. The van der Waals surface area contributed by atoms with Crippen LogP contribution in [0, 0.1) is 5.92 Å². The van der Waals surface area contributed by atoms with E-state index < -0.39 is 0 Å². The molecule has 1 unspecified atom stereocenters. The van der Waals surface area contributed by atoms with Crippen LogP contribution in [-0.2, 0) is 0 Å². The monoisotopic (exact) mass is 320 g/mol. The summed E-state index contributed by atoms with van der Waals surface area (Å²) in [5, 5.41) is 20.9. The lowest BCUT2D eigenvalue weighted by atomic mass is 10.1. The van der Waals surface area contributed by atoms with E-state index in [1.807, 2.05) is 6.07 Å². The van der Waals surface area contributed by atoms with Crippen molar-refractivity contribution >= 4 is 17.5 Å². The van der Waals surface area contributed by atoms with E-state index in [0.717, 1.165) is 12.8 Å². The molecule has 0 saturated heterocycles. The van der Waals surface area contributed by atoms with Crippen molar-refractivity contribution in [3.8, 4) is 5.69 Å². The molecular weight excluding hydrogens is 304 g/mol. The van der Waals surface area contributed by atoms with Gasteiger partial charge in [0, 0.05) is 17.7 Å². The molecule has 7 heteroatoms. The van der Waals surface area contributed by atoms with Crippen LogP contribution in [0.4, 0.5) is 0 Å². The Bertz CT molecular complexity index is 669. The highest BCUT2D eigenvalue weighted by molar-refractivity contribution is 6.30. The van der Waals surface area contributed by atoms with Crippen LogP contribution in [0.15, 0.2) is 30.5 Å². The fourth-order valence-corrected chi connectivity index (χ4v) is 2.58. The highest BCUT2D eigenvalue weighted by atomic mass is 35.5. The molecule has 2 aromatic rings. The molecule has 1 amide bonds. The number of rotatable bonds is 6. The lowest BCUT2D eigenvalue weighted by Gasteiger charge is -2.15. The summed E-state index contributed by atoms with van der Waals surface area (Å²) in [5.74, 6) is 0.206. The SMILES string of the molecule is O=C(NC(CCO)C1CC1)c1cnn(-c2cccc(Cl)c2)n1. The molecule has 1 aliphatic carbocycles. The van der Waals surface area contributed by atoms with Crippen molar-refractivity contribution < 1.29 is 9.90 Å². The first-order valence-corrected chi connectivity index (χ1v) is 7.65. The quantitative estimate of drug-likeness (QED) is 0.850. The van der Waals surface area contributed by atoms with Crippen molar-refractivity contribution in [2.45, 2.75) is 25.3 Å². The normalized spacial score (nSPS) is 15.5. The van der Waals surface area contributed by atoms with Gasteiger partial charge in [0.25, 0.3) is 5.91 Å². The average molecular weight is 321 g/mol. The molecule has 6 nitrogen and oxygen atoms in total. The van der Waals surface area contributed by atoms with Gasteiger partial charge in [0.15, 0.2) is 5.69 Å². The number of aliphatic hydroxyl groups is 1. The van der Waals surface area contributed by atoms with E-state index in [9.17, 15) is 4.79 Å². The lowest BCUT2D eigenvalue weighted by Crippen LogP contribution is -2.37. The predicted molar refractivity (Wildman–Crippen MR) is 82.1 cm³/mol. The van der Waals surface area contributed by atoms with Crippen molar-refractivity contribution in [1.82, 2.24) is 20.3 Å². The summed E-state index contributed by atoms with van der Waals surface area (Å²) in [6.45, 7) is 0.0661. The Morgan fingerprint density at radius 1 is 1.50 bits per heavy atom. The summed E-state index contributed by atoms with van der Waals surface area (Å²) in [7, 11) is 0. The van der Waals surface area contributed by atoms with Crippen molar-refractivity contribution in [3.05, 3.63) is 41.2 Å². The van der Waals surface area contributed by atoms with Crippen LogP contribution < -0.4 is 5.32 Å². The van der Waals surface area contributed by atoms with Gasteiger partial charge in [-0.15, -0.1) is 5.10 Å². The Hall–Kier alpha value is -1.92. The van der Waals surface area contributed by atoms with E-state index in [1.54, 1.807) is 18.2 Å². The number of nitrogens with one attached hydrogen (secondary N) is 1. The molecular formula is C15H17ClN4O2. The molecule has 0 spiro atoms. The third-order valence-corrected chi connectivity index (χ3v) is 3.95. The minimum atomic E-state index is -0.265. The zero-order valence-electron chi connectivity index (χ0n) is 11.9. The molecule has 3 rings (SSSR count). The smallest absolute Gasteiger partial charge is 0.273 e. The van der Waals surface area contributed by atoms with E-state index in [0.29, 0.717) is 23.0 Å². The molecule has 1 aromatic heterocycles. The largest absolute Gasteiger partial charge is 0.396 e. The highest BCUT2D eigenvalue weighted by Crippen LogP contribution is 2.34. The third-order valence-electron chi connectivity index (χ3n) is 3.71. The number of halogens is 1. The number of amides is 1. The van der Waals surface area contributed by atoms with Crippen molar-refractivity contribution in [3.63, 3.8) is 0 Å². The summed E-state index contributed by atoms with van der Waals surface area (Å²) < 4.78 is 0. The van der Waals surface area contributed by atoms with Gasteiger partial charge in [-0.05, 0) is 43.4 Å². The first-order chi connectivity index (χ1) is 10.7. The molecule has 22 heavy (non-hydrogen) atoms. The maximum Gasteiger partial charge on any atom is 0.273 e. The van der Waals surface area contributed by atoms with E-state index in [4.69, 9.17) is 16.7 Å². The zero-order valence-corrected chi connectivity index (χ0v) is 12.7. The van der Waals surface area contributed by atoms with Crippen LogP contribution in [-0.4, -0.2) is 38.7 Å². The highest BCUT2D eigenvalue weighted by Gasteiger charge is 2.32. The molecule has 1 fully saturated rings. The Labute approximate surface area is 133 Å². The second-order valence-electron chi connectivity index (χ2n) is 5.43. The number of nitrogens with zero attached hydrogens (tertiary/aromatic N) is 3. The Morgan fingerprint density at radius 2 is 2.32 bits per heavy atom. The van der Waals surface area contributed by atoms with Gasteiger partial charge >= 0.3 is 0 Å². The van der Waals surface area contributed by atoms with Gasteiger partial charge in [-0.1, -0.05) is 17.7 Å². The minimum Gasteiger partial charge on any atom is -0.396 e. The average Bonchev–Trinajstić information content (AvgIpc) is 3.23. The van der Waals surface area contributed by atoms with Crippen LogP contribution in [0.5, 0.6) is 0 Å². The summed E-state index contributed by atoms with van der Waals surface area (Å²) in [5.41, 5.74) is 0.948. The summed E-state index contributed by atoms with van der Waals surface area (Å²) >= 11 is 5.94. The van der Waals surface area contributed by atoms with E-state index >= 15 is 0 Å². The van der Waals surface area contributed by atoms with E-state index in [1.165, 1.54) is 11.0 Å². The van der Waals surface area contributed by atoms with E-state index in [2.05, 4.69) is 15.5 Å². The van der Waals surface area contributed by atoms with Gasteiger partial charge in [0.05, 0.1) is 11.9 Å². The Balaban J connectivity index is 1.71. The molecule has 0 aliphatic heterocycles. The number of carbonyl (C=O) groups is 1.